The molecule has 1 aliphatic heterocycles. The van der Waals surface area contributed by atoms with Crippen LogP contribution in [-0.2, 0) is 0 Å². The predicted octanol–water partition coefficient (Wildman–Crippen LogP) is 0.235. The minimum absolute atomic E-state index is 0.290. The second-order valence-electron chi connectivity index (χ2n) is 4.56. The molecule has 17 heavy (non-hydrogen) atoms. The van der Waals surface area contributed by atoms with Gasteiger partial charge in [-0.25, -0.2) is 0 Å². The summed E-state index contributed by atoms with van der Waals surface area (Å²) in [5.41, 5.74) is 0.877. The van der Waals surface area contributed by atoms with Gasteiger partial charge in [-0.1, -0.05) is 18.2 Å². The van der Waals surface area contributed by atoms with Crippen LogP contribution in [0.1, 0.15) is 11.5 Å². The number of alkyl halides is 1. The van der Waals surface area contributed by atoms with Crippen molar-refractivity contribution in [3.05, 3.63) is 29.8 Å². The lowest BCUT2D eigenvalue weighted by molar-refractivity contribution is -0.126. The number of rotatable bonds is 0. The van der Waals surface area contributed by atoms with E-state index in [-0.39, 0.29) is 5.92 Å². The molecule has 1 fully saturated rings. The number of benzene rings is 1. The molecule has 1 heterocycles. The molecule has 0 bridgehead atoms. The predicted molar refractivity (Wildman–Crippen MR) is 61.3 cm³/mol. The van der Waals surface area contributed by atoms with Crippen molar-refractivity contribution < 1.29 is 20.1 Å². The average molecular weight is 257 g/mol. The fraction of sp³-hybridized carbons (Fsp3) is 0.500. The third-order valence-corrected chi connectivity index (χ3v) is 4.13. The smallest absolute Gasteiger partial charge is 0.136 e. The summed E-state index contributed by atoms with van der Waals surface area (Å²) in [6.45, 7) is 0. The first-order valence-electron chi connectivity index (χ1n) is 5.55. The Labute approximate surface area is 103 Å². The number of hydrogen-bond acceptors (Lipinski definition) is 4. The number of halogens is 1. The monoisotopic (exact) mass is 256 g/mol. The summed E-state index contributed by atoms with van der Waals surface area (Å²) in [6, 6.07) is 7.35. The highest BCUT2D eigenvalue weighted by molar-refractivity contribution is 6.21. The van der Waals surface area contributed by atoms with Crippen LogP contribution in [0, 0.1) is 0 Å². The van der Waals surface area contributed by atoms with Crippen LogP contribution >= 0.6 is 11.6 Å². The van der Waals surface area contributed by atoms with Gasteiger partial charge in [0.25, 0.3) is 0 Å². The first-order chi connectivity index (χ1) is 8.11. The van der Waals surface area contributed by atoms with Crippen LogP contribution in [0.4, 0.5) is 0 Å². The zero-order chi connectivity index (χ0) is 12.2. The fourth-order valence-corrected chi connectivity index (χ4v) is 3.12. The van der Waals surface area contributed by atoms with Crippen molar-refractivity contribution in [2.75, 3.05) is 0 Å². The Morgan fingerprint density at radius 3 is 2.47 bits per heavy atom. The van der Waals surface area contributed by atoms with E-state index in [0.717, 1.165) is 5.56 Å². The van der Waals surface area contributed by atoms with Gasteiger partial charge in [-0.3, -0.25) is 0 Å². The van der Waals surface area contributed by atoms with Gasteiger partial charge in [0, 0.05) is 11.5 Å². The van der Waals surface area contributed by atoms with Gasteiger partial charge in [0.1, 0.15) is 24.1 Å². The van der Waals surface area contributed by atoms with E-state index in [1.807, 2.05) is 18.2 Å². The highest BCUT2D eigenvalue weighted by Crippen LogP contribution is 2.47. The van der Waals surface area contributed by atoms with E-state index >= 15 is 0 Å². The van der Waals surface area contributed by atoms with Gasteiger partial charge in [-0.2, -0.15) is 0 Å². The number of aliphatic hydroxyl groups is 3. The van der Waals surface area contributed by atoms with Crippen LogP contribution in [-0.4, -0.2) is 45.1 Å². The van der Waals surface area contributed by atoms with Crippen molar-refractivity contribution in [3.63, 3.8) is 0 Å². The van der Waals surface area contributed by atoms with Crippen LogP contribution < -0.4 is 4.74 Å². The molecular weight excluding hydrogens is 244 g/mol. The molecule has 0 saturated heterocycles. The molecule has 5 heteroatoms. The summed E-state index contributed by atoms with van der Waals surface area (Å²) in [7, 11) is 0. The molecule has 1 aromatic rings. The Hall–Kier alpha value is -0.810. The first-order valence-corrected chi connectivity index (χ1v) is 5.99. The third kappa shape index (κ3) is 1.48. The lowest BCUT2D eigenvalue weighted by Gasteiger charge is -2.39. The van der Waals surface area contributed by atoms with Crippen LogP contribution in [0.3, 0.4) is 0 Å². The second-order valence-corrected chi connectivity index (χ2v) is 5.07. The SMILES string of the molecule is O[C@@H]1[C@H](O)[C@H](Cl)[C@@H]2c3ccccc3O[C@@H]2[C@H]1O. The number of fused-ring (bicyclic) bond motifs is 3. The minimum Gasteiger partial charge on any atom is -0.487 e. The van der Waals surface area contributed by atoms with E-state index in [2.05, 4.69) is 0 Å². The van der Waals surface area contributed by atoms with Crippen LogP contribution in [0.2, 0.25) is 0 Å². The van der Waals surface area contributed by atoms with E-state index in [0.29, 0.717) is 5.75 Å². The quantitative estimate of drug-likeness (QED) is 0.582. The van der Waals surface area contributed by atoms with Gasteiger partial charge in [0.05, 0.1) is 11.5 Å². The molecule has 0 unspecified atom stereocenters. The van der Waals surface area contributed by atoms with E-state index in [4.69, 9.17) is 16.3 Å². The summed E-state index contributed by atoms with van der Waals surface area (Å²) in [4.78, 5) is 0. The van der Waals surface area contributed by atoms with Crippen molar-refractivity contribution in [2.45, 2.75) is 35.7 Å². The van der Waals surface area contributed by atoms with Gasteiger partial charge in [0.2, 0.25) is 0 Å². The Morgan fingerprint density at radius 1 is 1.00 bits per heavy atom. The van der Waals surface area contributed by atoms with Crippen molar-refractivity contribution in [3.8, 4) is 5.75 Å². The van der Waals surface area contributed by atoms with E-state index in [1.165, 1.54) is 0 Å². The van der Waals surface area contributed by atoms with Crippen molar-refractivity contribution in [2.24, 2.45) is 0 Å². The zero-order valence-electron chi connectivity index (χ0n) is 8.90. The first kappa shape index (κ1) is 11.3. The third-order valence-electron chi connectivity index (χ3n) is 3.60. The maximum atomic E-state index is 9.91. The molecule has 92 valence electrons. The molecule has 1 aliphatic carbocycles. The summed E-state index contributed by atoms with van der Waals surface area (Å²) >= 11 is 6.15. The van der Waals surface area contributed by atoms with E-state index in [9.17, 15) is 15.3 Å². The maximum absolute atomic E-state index is 9.91. The van der Waals surface area contributed by atoms with Crippen LogP contribution in [0.25, 0.3) is 0 Å². The van der Waals surface area contributed by atoms with Gasteiger partial charge >= 0.3 is 0 Å². The van der Waals surface area contributed by atoms with Crippen molar-refractivity contribution >= 4 is 11.6 Å². The van der Waals surface area contributed by atoms with Gasteiger partial charge < -0.3 is 20.1 Å². The lowest BCUT2D eigenvalue weighted by Crippen LogP contribution is -2.58. The standard InChI is InChI=1S/C12H13ClO4/c13-8-7-5-3-1-2-4-6(5)17-12(7)11(16)10(15)9(8)14/h1-4,7-12,14-16H/t7-,8+,9+,10+,11-,12-/m0/s1. The number of aliphatic hydroxyl groups excluding tert-OH is 3. The molecule has 0 radical (unpaired) electrons. The molecule has 3 N–H and O–H groups in total. The molecule has 6 atom stereocenters. The second kappa shape index (κ2) is 3.85. The molecule has 1 aromatic carbocycles. The zero-order valence-corrected chi connectivity index (χ0v) is 9.66. The molecular formula is C12H13ClO4. The average Bonchev–Trinajstić information content (AvgIpc) is 2.73. The highest BCUT2D eigenvalue weighted by Gasteiger charge is 2.53. The molecule has 4 nitrogen and oxygen atoms in total. The number of para-hydroxylation sites is 1. The van der Waals surface area contributed by atoms with Crippen molar-refractivity contribution in [1.29, 1.82) is 0 Å². The molecule has 1 saturated carbocycles. The minimum atomic E-state index is -1.27. The normalized spacial score (nSPS) is 43.8. The maximum Gasteiger partial charge on any atom is 0.136 e. The molecule has 0 aromatic heterocycles. The van der Waals surface area contributed by atoms with Gasteiger partial charge in [0.15, 0.2) is 0 Å². The van der Waals surface area contributed by atoms with E-state index in [1.54, 1.807) is 6.07 Å². The topological polar surface area (TPSA) is 69.9 Å². The lowest BCUT2D eigenvalue weighted by atomic mass is 9.78. The summed E-state index contributed by atoms with van der Waals surface area (Å²) in [6.07, 6.45) is -4.14. The molecule has 2 aliphatic rings. The Morgan fingerprint density at radius 2 is 1.71 bits per heavy atom. The molecule has 0 amide bonds. The van der Waals surface area contributed by atoms with Crippen LogP contribution in [0.15, 0.2) is 24.3 Å². The Balaban J connectivity index is 2.04. The van der Waals surface area contributed by atoms with E-state index < -0.39 is 29.8 Å². The highest BCUT2D eigenvalue weighted by atomic mass is 35.5. The summed E-state index contributed by atoms with van der Waals surface area (Å²) in [5, 5.41) is 28.7. The molecule has 3 rings (SSSR count). The summed E-state index contributed by atoms with van der Waals surface area (Å²) in [5.74, 6) is 0.370. The van der Waals surface area contributed by atoms with Crippen molar-refractivity contribution in [1.82, 2.24) is 0 Å². The number of hydrogen-bond donors (Lipinski definition) is 3. The Bertz CT molecular complexity index is 438. The van der Waals surface area contributed by atoms with Gasteiger partial charge in [-0.15, -0.1) is 11.6 Å². The Kier molecular flexibility index (Phi) is 2.56. The number of ether oxygens (including phenoxy) is 1. The fourth-order valence-electron chi connectivity index (χ4n) is 2.69. The summed E-state index contributed by atoms with van der Waals surface area (Å²) < 4.78 is 5.61. The molecule has 0 spiro atoms. The largest absolute Gasteiger partial charge is 0.487 e. The van der Waals surface area contributed by atoms with Crippen LogP contribution in [0.5, 0.6) is 5.75 Å². The van der Waals surface area contributed by atoms with Gasteiger partial charge in [-0.05, 0) is 6.07 Å².